The van der Waals surface area contributed by atoms with E-state index in [1.807, 2.05) is 18.2 Å². The zero-order valence-corrected chi connectivity index (χ0v) is 17.4. The van der Waals surface area contributed by atoms with Crippen LogP contribution in [0.5, 0.6) is 11.5 Å². The van der Waals surface area contributed by atoms with Gasteiger partial charge in [0.25, 0.3) is 0 Å². The van der Waals surface area contributed by atoms with Gasteiger partial charge in [-0.2, -0.15) is 10.4 Å². The van der Waals surface area contributed by atoms with Crippen LogP contribution >= 0.6 is 0 Å². The summed E-state index contributed by atoms with van der Waals surface area (Å²) in [5, 5.41) is 16.8. The number of carbonyl (C=O) groups excluding carboxylic acids is 1. The Kier molecular flexibility index (Phi) is 5.73. The smallest absolute Gasteiger partial charge is 0.340 e. The van der Waals surface area contributed by atoms with Crippen LogP contribution in [0.25, 0.3) is 5.52 Å². The molecule has 0 aliphatic heterocycles. The van der Waals surface area contributed by atoms with E-state index < -0.39 is 11.8 Å². The van der Waals surface area contributed by atoms with Gasteiger partial charge in [-0.25, -0.2) is 13.7 Å². The van der Waals surface area contributed by atoms with Gasteiger partial charge in [-0.05, 0) is 43.7 Å². The molecular formula is C24H19FN4O3. The van der Waals surface area contributed by atoms with Crippen LogP contribution in [-0.2, 0) is 4.74 Å². The van der Waals surface area contributed by atoms with Crippen LogP contribution in [0.1, 0.15) is 28.4 Å². The van der Waals surface area contributed by atoms with Gasteiger partial charge in [-0.15, -0.1) is 0 Å². The fourth-order valence-corrected chi connectivity index (χ4v) is 3.33. The molecule has 0 aliphatic carbocycles. The van der Waals surface area contributed by atoms with Crippen molar-refractivity contribution in [3.05, 3.63) is 83.4 Å². The van der Waals surface area contributed by atoms with Gasteiger partial charge in [0.05, 0.1) is 40.8 Å². The number of carbonyl (C=O) groups is 1. The number of fused-ring (bicyclic) bond motifs is 1. The van der Waals surface area contributed by atoms with Gasteiger partial charge in [-0.1, -0.05) is 18.2 Å². The van der Waals surface area contributed by atoms with Crippen LogP contribution < -0.4 is 10.1 Å². The minimum atomic E-state index is -0.563. The number of benzene rings is 2. The second-order valence-corrected chi connectivity index (χ2v) is 6.91. The summed E-state index contributed by atoms with van der Waals surface area (Å²) in [5.41, 5.74) is 2.07. The number of rotatable bonds is 6. The number of aromatic nitrogens is 2. The molecule has 160 valence electrons. The lowest BCUT2D eigenvalue weighted by atomic mass is 10.1. The van der Waals surface area contributed by atoms with E-state index in [0.717, 1.165) is 0 Å². The average Bonchev–Trinajstić information content (AvgIpc) is 3.13. The number of nitrogens with one attached hydrogen (secondary N) is 1. The highest BCUT2D eigenvalue weighted by Gasteiger charge is 2.21. The predicted octanol–water partition coefficient (Wildman–Crippen LogP) is 5.37. The molecule has 7 nitrogen and oxygen atoms in total. The minimum Gasteiger partial charge on any atom is -0.462 e. The van der Waals surface area contributed by atoms with Crippen LogP contribution in [0.2, 0.25) is 0 Å². The lowest BCUT2D eigenvalue weighted by Crippen LogP contribution is -2.04. The van der Waals surface area contributed by atoms with Crippen LogP contribution in [0.15, 0.2) is 60.9 Å². The molecule has 32 heavy (non-hydrogen) atoms. The van der Waals surface area contributed by atoms with Crippen molar-refractivity contribution in [2.75, 3.05) is 11.9 Å². The number of hydrogen-bond acceptors (Lipinski definition) is 6. The summed E-state index contributed by atoms with van der Waals surface area (Å²) in [7, 11) is 0. The molecule has 2 aromatic carbocycles. The molecular weight excluding hydrogens is 411 g/mol. The van der Waals surface area contributed by atoms with E-state index in [0.29, 0.717) is 33.8 Å². The third-order valence-electron chi connectivity index (χ3n) is 4.85. The molecule has 0 bridgehead atoms. The SMILES string of the molecule is CCOC(=O)c1cn2ncc(C#N)c(Nc3ccc(Oc4ccccc4)cc3F)c2c1C. The summed E-state index contributed by atoms with van der Waals surface area (Å²) in [6.45, 7) is 3.67. The van der Waals surface area contributed by atoms with E-state index in [1.54, 1.807) is 32.0 Å². The molecule has 4 aromatic rings. The normalized spacial score (nSPS) is 10.6. The van der Waals surface area contributed by atoms with Crippen molar-refractivity contribution in [1.82, 2.24) is 9.61 Å². The summed E-state index contributed by atoms with van der Waals surface area (Å²) in [6, 6.07) is 15.5. The molecule has 8 heteroatoms. The van der Waals surface area contributed by atoms with Crippen molar-refractivity contribution in [3.63, 3.8) is 0 Å². The molecule has 2 heterocycles. The number of anilines is 2. The Morgan fingerprint density at radius 2 is 2.00 bits per heavy atom. The van der Waals surface area contributed by atoms with E-state index in [-0.39, 0.29) is 17.9 Å². The Labute approximate surface area is 183 Å². The van der Waals surface area contributed by atoms with Gasteiger partial charge in [-0.3, -0.25) is 0 Å². The lowest BCUT2D eigenvalue weighted by Gasteiger charge is -2.13. The third kappa shape index (κ3) is 3.96. The zero-order chi connectivity index (χ0) is 22.7. The van der Waals surface area contributed by atoms with Crippen molar-refractivity contribution in [3.8, 4) is 17.6 Å². The van der Waals surface area contributed by atoms with Gasteiger partial charge in [0.1, 0.15) is 23.4 Å². The number of esters is 1. The largest absolute Gasteiger partial charge is 0.462 e. The van der Waals surface area contributed by atoms with Crippen molar-refractivity contribution in [1.29, 1.82) is 5.26 Å². The Morgan fingerprint density at radius 1 is 1.22 bits per heavy atom. The van der Waals surface area contributed by atoms with E-state index in [4.69, 9.17) is 9.47 Å². The Morgan fingerprint density at radius 3 is 2.69 bits per heavy atom. The predicted molar refractivity (Wildman–Crippen MR) is 117 cm³/mol. The Hall–Kier alpha value is -4.38. The second-order valence-electron chi connectivity index (χ2n) is 6.91. The fourth-order valence-electron chi connectivity index (χ4n) is 3.33. The first-order valence-electron chi connectivity index (χ1n) is 9.89. The fraction of sp³-hybridized carbons (Fsp3) is 0.125. The molecule has 0 spiro atoms. The van der Waals surface area contributed by atoms with Crippen molar-refractivity contribution < 1.29 is 18.7 Å². The molecule has 0 saturated carbocycles. The standard InChI is InChI=1S/C24H19FN4O3/c1-3-31-24(30)19-14-29-23(15(19)2)22(16(12-26)13-27-29)28-21-10-9-18(11-20(21)25)32-17-7-5-4-6-8-17/h4-11,13-14,28H,3H2,1-2H3. The maximum atomic E-state index is 14.9. The number of para-hydroxylation sites is 1. The molecule has 0 radical (unpaired) electrons. The van der Waals surface area contributed by atoms with Crippen molar-refractivity contribution >= 4 is 22.9 Å². The topological polar surface area (TPSA) is 88.7 Å². The number of hydrogen-bond donors (Lipinski definition) is 1. The maximum Gasteiger partial charge on any atom is 0.340 e. The highest BCUT2D eigenvalue weighted by molar-refractivity contribution is 5.97. The quantitative estimate of drug-likeness (QED) is 0.414. The summed E-state index contributed by atoms with van der Waals surface area (Å²) in [5.74, 6) is -0.130. The second kappa shape index (κ2) is 8.78. The molecule has 2 aromatic heterocycles. The third-order valence-corrected chi connectivity index (χ3v) is 4.85. The van der Waals surface area contributed by atoms with Crippen LogP contribution in [0, 0.1) is 24.1 Å². The van der Waals surface area contributed by atoms with Gasteiger partial charge in [0, 0.05) is 12.3 Å². The van der Waals surface area contributed by atoms with Crippen LogP contribution in [0.3, 0.4) is 0 Å². The maximum absolute atomic E-state index is 14.9. The van der Waals surface area contributed by atoms with Gasteiger partial charge in [0.2, 0.25) is 0 Å². The monoisotopic (exact) mass is 430 g/mol. The first-order chi connectivity index (χ1) is 15.5. The summed E-state index contributed by atoms with van der Waals surface area (Å²) in [6.07, 6.45) is 2.89. The zero-order valence-electron chi connectivity index (χ0n) is 17.4. The number of halogens is 1. The van der Waals surface area contributed by atoms with E-state index in [9.17, 15) is 14.4 Å². The van der Waals surface area contributed by atoms with E-state index in [2.05, 4.69) is 16.5 Å². The highest BCUT2D eigenvalue weighted by Crippen LogP contribution is 2.33. The minimum absolute atomic E-state index is 0.147. The van der Waals surface area contributed by atoms with Crippen molar-refractivity contribution in [2.45, 2.75) is 13.8 Å². The number of ether oxygens (including phenoxy) is 2. The first kappa shape index (κ1) is 20.9. The molecule has 0 atom stereocenters. The molecule has 0 aliphatic rings. The lowest BCUT2D eigenvalue weighted by molar-refractivity contribution is 0.0525. The number of nitriles is 1. The molecule has 0 amide bonds. The molecule has 0 saturated heterocycles. The van der Waals surface area contributed by atoms with Crippen LogP contribution in [-0.4, -0.2) is 22.2 Å². The van der Waals surface area contributed by atoms with Gasteiger partial charge in [0.15, 0.2) is 0 Å². The number of aryl methyl sites for hydroxylation is 1. The first-order valence-corrected chi connectivity index (χ1v) is 9.89. The van der Waals surface area contributed by atoms with Gasteiger partial charge < -0.3 is 14.8 Å². The van der Waals surface area contributed by atoms with E-state index >= 15 is 0 Å². The molecule has 0 unspecified atom stereocenters. The Bertz CT molecular complexity index is 1340. The van der Waals surface area contributed by atoms with Gasteiger partial charge >= 0.3 is 5.97 Å². The highest BCUT2D eigenvalue weighted by atomic mass is 19.1. The number of nitrogens with zero attached hydrogens (tertiary/aromatic N) is 3. The van der Waals surface area contributed by atoms with Crippen molar-refractivity contribution in [2.24, 2.45) is 0 Å². The molecule has 1 N–H and O–H groups in total. The summed E-state index contributed by atoms with van der Waals surface area (Å²) in [4.78, 5) is 12.3. The van der Waals surface area contributed by atoms with E-state index in [1.165, 1.54) is 29.0 Å². The molecule has 4 rings (SSSR count). The Balaban J connectivity index is 1.72. The van der Waals surface area contributed by atoms with Crippen LogP contribution in [0.4, 0.5) is 15.8 Å². The summed E-state index contributed by atoms with van der Waals surface area (Å²) < 4.78 is 27.1. The average molecular weight is 430 g/mol. The molecule has 0 fully saturated rings. The summed E-state index contributed by atoms with van der Waals surface area (Å²) >= 11 is 0.